The van der Waals surface area contributed by atoms with Crippen molar-refractivity contribution < 1.29 is 9.18 Å². The molecule has 0 spiro atoms. The number of hydrogen-bond acceptors (Lipinski definition) is 3. The zero-order valence-electron chi connectivity index (χ0n) is 12.7. The lowest BCUT2D eigenvalue weighted by Gasteiger charge is -2.34. The van der Waals surface area contributed by atoms with Crippen molar-refractivity contribution >= 4 is 5.91 Å². The molecule has 0 bridgehead atoms. The fourth-order valence-corrected chi connectivity index (χ4v) is 2.85. The van der Waals surface area contributed by atoms with Gasteiger partial charge in [-0.05, 0) is 36.5 Å². The number of carbonyl (C=O) groups is 1. The topological polar surface area (TPSA) is 58.4 Å². The second-order valence-electron chi connectivity index (χ2n) is 6.16. The molecular formula is C16H24FN3O. The fraction of sp³-hybridized carbons (Fsp3) is 0.562. The van der Waals surface area contributed by atoms with Crippen LogP contribution in [0.1, 0.15) is 24.5 Å². The Bertz CT molecular complexity index is 496. The molecule has 2 rings (SSSR count). The van der Waals surface area contributed by atoms with Gasteiger partial charge < -0.3 is 11.1 Å². The third-order valence-corrected chi connectivity index (χ3v) is 3.86. The van der Waals surface area contributed by atoms with Crippen LogP contribution in [-0.2, 0) is 11.3 Å². The molecule has 3 N–H and O–H groups in total. The number of amides is 1. The molecule has 1 aromatic rings. The number of piperidine rings is 1. The Kier molecular flexibility index (Phi) is 5.31. The zero-order valence-corrected chi connectivity index (χ0v) is 12.7. The van der Waals surface area contributed by atoms with Gasteiger partial charge in [0.15, 0.2) is 0 Å². The largest absolute Gasteiger partial charge is 0.351 e. The predicted molar refractivity (Wildman–Crippen MR) is 81.2 cm³/mol. The van der Waals surface area contributed by atoms with E-state index >= 15 is 0 Å². The van der Waals surface area contributed by atoms with Crippen molar-refractivity contribution in [2.24, 2.45) is 11.7 Å². The first-order chi connectivity index (χ1) is 9.94. The molecule has 1 fully saturated rings. The molecule has 0 aliphatic carbocycles. The summed E-state index contributed by atoms with van der Waals surface area (Å²) in [6.07, 6.45) is 1.01. The monoisotopic (exact) mass is 293 g/mol. The summed E-state index contributed by atoms with van der Waals surface area (Å²) in [7, 11) is 0. The van der Waals surface area contributed by atoms with Crippen molar-refractivity contribution in [2.45, 2.75) is 32.9 Å². The number of hydrogen-bond donors (Lipinski definition) is 2. The number of likely N-dealkylation sites (tertiary alicyclic amines) is 1. The number of benzene rings is 1. The van der Waals surface area contributed by atoms with Crippen molar-refractivity contribution in [2.75, 3.05) is 19.6 Å². The van der Waals surface area contributed by atoms with E-state index in [1.165, 1.54) is 6.07 Å². The predicted octanol–water partition coefficient (Wildman–Crippen LogP) is 1.42. The summed E-state index contributed by atoms with van der Waals surface area (Å²) in [5.74, 6) is 0.239. The summed E-state index contributed by atoms with van der Waals surface area (Å²) in [6.45, 7) is 6.24. The summed E-state index contributed by atoms with van der Waals surface area (Å²) in [5, 5.41) is 2.83. The van der Waals surface area contributed by atoms with E-state index in [2.05, 4.69) is 17.1 Å². The van der Waals surface area contributed by atoms with E-state index in [1.54, 1.807) is 13.0 Å². The number of halogens is 1. The van der Waals surface area contributed by atoms with Gasteiger partial charge in [0.05, 0.1) is 6.54 Å². The Morgan fingerprint density at radius 2 is 2.24 bits per heavy atom. The molecule has 1 aromatic carbocycles. The van der Waals surface area contributed by atoms with Gasteiger partial charge in [0, 0.05) is 25.7 Å². The van der Waals surface area contributed by atoms with Crippen LogP contribution in [0.25, 0.3) is 0 Å². The fourth-order valence-electron chi connectivity index (χ4n) is 2.85. The van der Waals surface area contributed by atoms with Gasteiger partial charge in [0.2, 0.25) is 5.91 Å². The van der Waals surface area contributed by atoms with Crippen LogP contribution in [0.4, 0.5) is 4.39 Å². The molecule has 0 aromatic heterocycles. The molecule has 21 heavy (non-hydrogen) atoms. The first-order valence-electron chi connectivity index (χ1n) is 7.43. The van der Waals surface area contributed by atoms with Gasteiger partial charge in [-0.2, -0.15) is 0 Å². The molecule has 1 saturated heterocycles. The smallest absolute Gasteiger partial charge is 0.234 e. The van der Waals surface area contributed by atoms with E-state index in [4.69, 9.17) is 5.73 Å². The second kappa shape index (κ2) is 7.00. The zero-order chi connectivity index (χ0) is 15.4. The highest BCUT2D eigenvalue weighted by atomic mass is 19.1. The van der Waals surface area contributed by atoms with Gasteiger partial charge in [-0.25, -0.2) is 4.39 Å². The van der Waals surface area contributed by atoms with E-state index in [1.807, 2.05) is 6.07 Å². The van der Waals surface area contributed by atoms with E-state index in [9.17, 15) is 9.18 Å². The Morgan fingerprint density at radius 3 is 2.90 bits per heavy atom. The van der Waals surface area contributed by atoms with Crippen LogP contribution < -0.4 is 11.1 Å². The van der Waals surface area contributed by atoms with Crippen molar-refractivity contribution in [1.82, 2.24) is 10.2 Å². The highest BCUT2D eigenvalue weighted by Crippen LogP contribution is 2.14. The van der Waals surface area contributed by atoms with E-state index in [-0.39, 0.29) is 17.8 Å². The van der Waals surface area contributed by atoms with Crippen LogP contribution in [-0.4, -0.2) is 36.5 Å². The molecule has 1 aliphatic rings. The molecule has 1 heterocycles. The molecule has 5 heteroatoms. The SMILES string of the molecule is Cc1ccc(CNC(=O)CN2CC(C)CC(N)C2)cc1F. The lowest BCUT2D eigenvalue weighted by Crippen LogP contribution is -2.49. The maximum absolute atomic E-state index is 13.4. The second-order valence-corrected chi connectivity index (χ2v) is 6.16. The number of nitrogens with zero attached hydrogens (tertiary/aromatic N) is 1. The van der Waals surface area contributed by atoms with Gasteiger partial charge in [-0.3, -0.25) is 9.69 Å². The summed E-state index contributed by atoms with van der Waals surface area (Å²) < 4.78 is 13.4. The van der Waals surface area contributed by atoms with Crippen molar-refractivity contribution in [3.63, 3.8) is 0 Å². The van der Waals surface area contributed by atoms with Crippen molar-refractivity contribution in [1.29, 1.82) is 0 Å². The Balaban J connectivity index is 1.80. The average Bonchev–Trinajstić information content (AvgIpc) is 2.39. The highest BCUT2D eigenvalue weighted by molar-refractivity contribution is 5.78. The van der Waals surface area contributed by atoms with E-state index < -0.39 is 0 Å². The molecule has 0 saturated carbocycles. The van der Waals surface area contributed by atoms with Crippen LogP contribution in [0.5, 0.6) is 0 Å². The van der Waals surface area contributed by atoms with E-state index in [0.29, 0.717) is 24.6 Å². The van der Waals surface area contributed by atoms with Gasteiger partial charge in [0.1, 0.15) is 5.82 Å². The number of rotatable bonds is 4. The molecular weight excluding hydrogens is 269 g/mol. The molecule has 116 valence electrons. The third-order valence-electron chi connectivity index (χ3n) is 3.86. The molecule has 1 amide bonds. The third kappa shape index (κ3) is 4.79. The van der Waals surface area contributed by atoms with Gasteiger partial charge in [0.25, 0.3) is 0 Å². The van der Waals surface area contributed by atoms with Crippen LogP contribution in [0.15, 0.2) is 18.2 Å². The quantitative estimate of drug-likeness (QED) is 0.882. The van der Waals surface area contributed by atoms with Crippen LogP contribution in [0.3, 0.4) is 0 Å². The molecule has 0 radical (unpaired) electrons. The van der Waals surface area contributed by atoms with Crippen LogP contribution in [0, 0.1) is 18.7 Å². The molecule has 2 atom stereocenters. The van der Waals surface area contributed by atoms with E-state index in [0.717, 1.165) is 25.1 Å². The highest BCUT2D eigenvalue weighted by Gasteiger charge is 2.23. The summed E-state index contributed by atoms with van der Waals surface area (Å²) in [4.78, 5) is 14.0. The van der Waals surface area contributed by atoms with Gasteiger partial charge in [-0.15, -0.1) is 0 Å². The summed E-state index contributed by atoms with van der Waals surface area (Å²) in [5.41, 5.74) is 7.36. The lowest BCUT2D eigenvalue weighted by molar-refractivity contribution is -0.122. The number of carbonyl (C=O) groups excluding carboxylic acids is 1. The molecule has 4 nitrogen and oxygen atoms in total. The maximum Gasteiger partial charge on any atom is 0.234 e. The minimum Gasteiger partial charge on any atom is -0.351 e. The number of nitrogens with one attached hydrogen (secondary N) is 1. The number of nitrogens with two attached hydrogens (primary N) is 1. The molecule has 1 aliphatic heterocycles. The Morgan fingerprint density at radius 1 is 1.48 bits per heavy atom. The average molecular weight is 293 g/mol. The standard InChI is InChI=1S/C16H24FN3O/c1-11-5-14(18)9-20(8-11)10-16(21)19-7-13-4-3-12(2)15(17)6-13/h3-4,6,11,14H,5,7-10,18H2,1-2H3,(H,19,21). The molecule has 2 unspecified atom stereocenters. The maximum atomic E-state index is 13.4. The summed E-state index contributed by atoms with van der Waals surface area (Å²) >= 11 is 0. The summed E-state index contributed by atoms with van der Waals surface area (Å²) in [6, 6.07) is 5.17. The van der Waals surface area contributed by atoms with Crippen LogP contribution >= 0.6 is 0 Å². The first-order valence-corrected chi connectivity index (χ1v) is 7.43. The van der Waals surface area contributed by atoms with Crippen LogP contribution in [0.2, 0.25) is 0 Å². The van der Waals surface area contributed by atoms with Gasteiger partial charge >= 0.3 is 0 Å². The normalized spacial score (nSPS) is 23.0. The number of aryl methyl sites for hydroxylation is 1. The van der Waals surface area contributed by atoms with Gasteiger partial charge in [-0.1, -0.05) is 19.1 Å². The van der Waals surface area contributed by atoms with Crippen molar-refractivity contribution in [3.05, 3.63) is 35.1 Å². The Labute approximate surface area is 125 Å². The Hall–Kier alpha value is -1.46. The van der Waals surface area contributed by atoms with Crippen molar-refractivity contribution in [3.8, 4) is 0 Å². The minimum atomic E-state index is -0.238. The minimum absolute atomic E-state index is 0.0442. The first kappa shape index (κ1) is 15.9. The lowest BCUT2D eigenvalue weighted by atomic mass is 9.97.